The highest BCUT2D eigenvalue weighted by Gasteiger charge is 2.11. The first kappa shape index (κ1) is 18.0. The Morgan fingerprint density at radius 1 is 0.857 bits per heavy atom. The largest absolute Gasteiger partial charge is 0.367 e. The van der Waals surface area contributed by atoms with Gasteiger partial charge in [0, 0.05) is 12.4 Å². The zero-order valence-corrected chi connectivity index (χ0v) is 13.5. The zero-order chi connectivity index (χ0) is 14.0. The molecule has 2 saturated carbocycles. The molecule has 0 heterocycles. The monoisotopic (exact) mass is 313 g/mol. The maximum absolute atomic E-state index is 5.72. The molecule has 0 aliphatic heterocycles. The van der Waals surface area contributed by atoms with Crippen molar-refractivity contribution in [3.05, 3.63) is 0 Å². The number of hydrogen-bond acceptors (Lipinski definition) is 3. The summed E-state index contributed by atoms with van der Waals surface area (Å²) in [5, 5.41) is 12.2. The van der Waals surface area contributed by atoms with Crippen LogP contribution >= 0.6 is 12.4 Å². The van der Waals surface area contributed by atoms with Crippen molar-refractivity contribution >= 4 is 30.8 Å². The predicted molar refractivity (Wildman–Crippen MR) is 92.1 cm³/mol. The lowest BCUT2D eigenvalue weighted by Crippen LogP contribution is -2.27. The molecule has 3 N–H and O–H groups in total. The number of nitrogens with zero attached hydrogens (tertiary/aromatic N) is 3. The summed E-state index contributed by atoms with van der Waals surface area (Å²) in [6, 6.07) is 0. The summed E-state index contributed by atoms with van der Waals surface area (Å²) >= 11 is 0. The van der Waals surface area contributed by atoms with Gasteiger partial charge in [-0.25, -0.2) is 5.43 Å². The van der Waals surface area contributed by atoms with Crippen molar-refractivity contribution in [1.82, 2.24) is 5.43 Å². The molecule has 0 unspecified atom stereocenters. The van der Waals surface area contributed by atoms with Crippen molar-refractivity contribution in [2.75, 3.05) is 0 Å². The molecule has 2 fully saturated rings. The van der Waals surface area contributed by atoms with Gasteiger partial charge >= 0.3 is 0 Å². The first-order valence-electron chi connectivity index (χ1n) is 8.00. The molecule has 120 valence electrons. The van der Waals surface area contributed by atoms with E-state index in [-0.39, 0.29) is 18.4 Å². The molecule has 0 atom stereocenters. The molecule has 0 radical (unpaired) electrons. The van der Waals surface area contributed by atoms with Crippen LogP contribution in [0.4, 0.5) is 0 Å². The van der Waals surface area contributed by atoms with Crippen molar-refractivity contribution < 1.29 is 0 Å². The van der Waals surface area contributed by atoms with E-state index in [1.54, 1.807) is 0 Å². The minimum atomic E-state index is 0. The molecule has 21 heavy (non-hydrogen) atoms. The quantitative estimate of drug-likeness (QED) is 0.474. The van der Waals surface area contributed by atoms with E-state index in [0.717, 1.165) is 0 Å². The van der Waals surface area contributed by atoms with Crippen molar-refractivity contribution in [2.45, 2.75) is 64.2 Å². The second-order valence-corrected chi connectivity index (χ2v) is 5.94. The third-order valence-electron chi connectivity index (χ3n) is 4.21. The highest BCUT2D eigenvalue weighted by Crippen LogP contribution is 2.22. The Labute approximate surface area is 134 Å². The summed E-state index contributed by atoms with van der Waals surface area (Å²) in [6.45, 7) is 0. The Hall–Kier alpha value is -1.10. The summed E-state index contributed by atoms with van der Waals surface area (Å²) < 4.78 is 0. The van der Waals surface area contributed by atoms with Gasteiger partial charge in [-0.3, -0.25) is 0 Å². The first-order chi connectivity index (χ1) is 9.84. The molecule has 0 spiro atoms. The predicted octanol–water partition coefficient (Wildman–Crippen LogP) is 3.44. The molecule has 2 rings (SSSR count). The fraction of sp³-hybridized carbons (Fsp3) is 0.800. The molecule has 0 bridgehead atoms. The Bertz CT molecular complexity index is 355. The molecular weight excluding hydrogens is 286 g/mol. The van der Waals surface area contributed by atoms with Gasteiger partial charge in [-0.2, -0.15) is 10.2 Å². The highest BCUT2D eigenvalue weighted by molar-refractivity contribution is 5.85. The van der Waals surface area contributed by atoms with E-state index in [9.17, 15) is 0 Å². The number of hydrazone groups is 1. The van der Waals surface area contributed by atoms with Crippen LogP contribution in [-0.2, 0) is 0 Å². The summed E-state index contributed by atoms with van der Waals surface area (Å²) in [5.74, 6) is 1.44. The van der Waals surface area contributed by atoms with Gasteiger partial charge in [-0.15, -0.1) is 17.5 Å². The van der Waals surface area contributed by atoms with Gasteiger partial charge in [0.2, 0.25) is 5.96 Å². The summed E-state index contributed by atoms with van der Waals surface area (Å²) in [6.07, 6.45) is 16.8. The molecule has 0 amide bonds. The topological polar surface area (TPSA) is 75.1 Å². The standard InChI is InChI=1S/C15H27N5.ClH/c16-15(19-17-11-13-7-3-1-4-8-13)20-18-12-14-9-5-2-6-10-14;/h11-14H,1-10H2,(H3,16,19,20);1H. The third kappa shape index (κ3) is 7.46. The van der Waals surface area contributed by atoms with Crippen LogP contribution < -0.4 is 11.2 Å². The molecule has 2 aliphatic rings. The zero-order valence-electron chi connectivity index (χ0n) is 12.7. The van der Waals surface area contributed by atoms with Gasteiger partial charge in [-0.1, -0.05) is 38.5 Å². The van der Waals surface area contributed by atoms with Gasteiger partial charge < -0.3 is 5.73 Å². The maximum atomic E-state index is 5.72. The fourth-order valence-corrected chi connectivity index (χ4v) is 2.99. The van der Waals surface area contributed by atoms with Crippen molar-refractivity contribution in [3.8, 4) is 0 Å². The smallest absolute Gasteiger partial charge is 0.234 e. The Morgan fingerprint density at radius 3 is 1.95 bits per heavy atom. The van der Waals surface area contributed by atoms with Crippen LogP contribution in [0.25, 0.3) is 0 Å². The average molecular weight is 314 g/mol. The van der Waals surface area contributed by atoms with Crippen LogP contribution in [-0.4, -0.2) is 18.4 Å². The lowest BCUT2D eigenvalue weighted by Gasteiger charge is -2.16. The number of hydrogen-bond donors (Lipinski definition) is 2. The van der Waals surface area contributed by atoms with Gasteiger partial charge in [-0.05, 0) is 37.5 Å². The highest BCUT2D eigenvalue weighted by atomic mass is 35.5. The molecule has 0 aromatic carbocycles. The van der Waals surface area contributed by atoms with Crippen LogP contribution in [0.2, 0.25) is 0 Å². The van der Waals surface area contributed by atoms with E-state index in [0.29, 0.717) is 11.8 Å². The Balaban J connectivity index is 0.00000220. The lowest BCUT2D eigenvalue weighted by atomic mass is 9.90. The molecule has 0 aromatic rings. The summed E-state index contributed by atoms with van der Waals surface area (Å²) in [4.78, 5) is 0. The maximum Gasteiger partial charge on any atom is 0.234 e. The van der Waals surface area contributed by atoms with E-state index in [1.165, 1.54) is 64.2 Å². The molecule has 2 aliphatic carbocycles. The van der Waals surface area contributed by atoms with Gasteiger partial charge in [0.05, 0.1) is 0 Å². The average Bonchev–Trinajstić information content (AvgIpc) is 2.49. The molecule has 5 nitrogen and oxygen atoms in total. The SMILES string of the molecule is Cl.NC(=NN=CC1CCCCC1)NN=CC1CCCCC1. The van der Waals surface area contributed by atoms with Crippen molar-refractivity contribution in [1.29, 1.82) is 0 Å². The van der Waals surface area contributed by atoms with E-state index >= 15 is 0 Å². The normalized spacial score (nSPS) is 22.6. The van der Waals surface area contributed by atoms with E-state index < -0.39 is 0 Å². The van der Waals surface area contributed by atoms with E-state index in [4.69, 9.17) is 5.73 Å². The number of rotatable bonds is 4. The number of nitrogens with two attached hydrogens (primary N) is 1. The summed E-state index contributed by atoms with van der Waals surface area (Å²) in [5.41, 5.74) is 8.47. The van der Waals surface area contributed by atoms with Crippen LogP contribution in [0, 0.1) is 11.8 Å². The number of guanidine groups is 1. The molecule has 0 saturated heterocycles. The number of nitrogens with one attached hydrogen (secondary N) is 1. The van der Waals surface area contributed by atoms with E-state index in [2.05, 4.69) is 20.7 Å². The lowest BCUT2D eigenvalue weighted by molar-refractivity contribution is 0.444. The fourth-order valence-electron chi connectivity index (χ4n) is 2.99. The van der Waals surface area contributed by atoms with E-state index in [1.807, 2.05) is 12.4 Å². The Morgan fingerprint density at radius 2 is 1.38 bits per heavy atom. The second kappa shape index (κ2) is 10.6. The van der Waals surface area contributed by atoms with Crippen LogP contribution in [0.5, 0.6) is 0 Å². The summed E-state index contributed by atoms with van der Waals surface area (Å²) in [7, 11) is 0. The second-order valence-electron chi connectivity index (χ2n) is 5.94. The first-order valence-corrected chi connectivity index (χ1v) is 8.00. The minimum Gasteiger partial charge on any atom is -0.367 e. The van der Waals surface area contributed by atoms with Crippen LogP contribution in [0.15, 0.2) is 15.3 Å². The van der Waals surface area contributed by atoms with Crippen LogP contribution in [0.1, 0.15) is 64.2 Å². The van der Waals surface area contributed by atoms with Crippen molar-refractivity contribution in [3.63, 3.8) is 0 Å². The van der Waals surface area contributed by atoms with Crippen LogP contribution in [0.3, 0.4) is 0 Å². The molecule has 6 heteroatoms. The van der Waals surface area contributed by atoms with Crippen molar-refractivity contribution in [2.24, 2.45) is 32.9 Å². The molecular formula is C15H28ClN5. The van der Waals surface area contributed by atoms with Gasteiger partial charge in [0.25, 0.3) is 0 Å². The van der Waals surface area contributed by atoms with Gasteiger partial charge in [0.15, 0.2) is 0 Å². The third-order valence-corrected chi connectivity index (χ3v) is 4.21. The number of halogens is 1. The molecule has 0 aromatic heterocycles. The minimum absolute atomic E-state index is 0. The Kier molecular flexibility index (Phi) is 9.06. The van der Waals surface area contributed by atoms with Gasteiger partial charge in [0.1, 0.15) is 0 Å².